The van der Waals surface area contributed by atoms with Gasteiger partial charge in [0.2, 0.25) is 0 Å². The largest absolute Gasteiger partial charge is 2.00 e. The van der Waals surface area contributed by atoms with Crippen molar-refractivity contribution >= 4 is 58.3 Å². The van der Waals surface area contributed by atoms with Crippen LogP contribution in [-0.4, -0.2) is 28.2 Å². The number of nitrogens with zero attached hydrogens (tertiary/aromatic N) is 4. The summed E-state index contributed by atoms with van der Waals surface area (Å²) in [5.74, 6) is 0. The molecule has 0 bridgehead atoms. The molecule has 9 heteroatoms. The smallest absolute Gasteiger partial charge is 0.409 e. The van der Waals surface area contributed by atoms with Crippen molar-refractivity contribution in [3.63, 3.8) is 0 Å². The Morgan fingerprint density at radius 1 is 0.882 bits per heavy atom. The minimum atomic E-state index is 0. The van der Waals surface area contributed by atoms with Crippen LogP contribution in [0.25, 0.3) is 0 Å². The van der Waals surface area contributed by atoms with Gasteiger partial charge in [-0.3, -0.25) is 9.36 Å². The maximum absolute atomic E-state index is 4.63. The molecule has 0 amide bonds. The van der Waals surface area contributed by atoms with E-state index in [0.717, 1.165) is 0 Å². The van der Waals surface area contributed by atoms with Crippen molar-refractivity contribution in [1.29, 1.82) is 0 Å². The van der Waals surface area contributed by atoms with Gasteiger partial charge in [0.25, 0.3) is 0 Å². The molecule has 0 saturated heterocycles. The van der Waals surface area contributed by atoms with Crippen molar-refractivity contribution in [1.82, 2.24) is 19.6 Å². The van der Waals surface area contributed by atoms with Gasteiger partial charge in [-0.2, -0.15) is 10.2 Å². The van der Waals surface area contributed by atoms with E-state index in [1.54, 1.807) is 36.9 Å². The first-order chi connectivity index (χ1) is 7.61. The van der Waals surface area contributed by atoms with Gasteiger partial charge in [0.05, 0.1) is 0 Å². The Kier molecular flexibility index (Phi) is 8.54. The zero-order valence-electron chi connectivity index (χ0n) is 8.59. The first-order valence-corrected chi connectivity index (χ1v) is 5.66. The van der Waals surface area contributed by atoms with Crippen LogP contribution in [0.1, 0.15) is 0 Å². The SMILES string of the molecule is S=C([S-])n1cccn1.S=C([S-])n1cccn1.[Zn+2]. The molecule has 2 heterocycles. The predicted octanol–water partition coefficient (Wildman–Crippen LogP) is 1.12. The van der Waals surface area contributed by atoms with E-state index in [-0.39, 0.29) is 19.5 Å². The van der Waals surface area contributed by atoms with E-state index in [1.165, 1.54) is 9.36 Å². The average Bonchev–Trinajstić information content (AvgIpc) is 2.93. The summed E-state index contributed by atoms with van der Waals surface area (Å²) in [7, 11) is 0. The van der Waals surface area contributed by atoms with Crippen LogP contribution in [0.2, 0.25) is 0 Å². The van der Waals surface area contributed by atoms with Crippen LogP contribution in [0.5, 0.6) is 0 Å². The van der Waals surface area contributed by atoms with Gasteiger partial charge in [-0.1, -0.05) is 0 Å². The summed E-state index contributed by atoms with van der Waals surface area (Å²) in [5.41, 5.74) is 0. The number of rotatable bonds is 0. The van der Waals surface area contributed by atoms with Crippen LogP contribution < -0.4 is 0 Å². The second-order valence-electron chi connectivity index (χ2n) is 2.43. The molecular formula is C8H6N4S4Zn. The van der Waals surface area contributed by atoms with Crippen molar-refractivity contribution in [2.45, 2.75) is 0 Å². The normalized spacial score (nSPS) is 8.47. The maximum atomic E-state index is 4.63. The van der Waals surface area contributed by atoms with Gasteiger partial charge < -0.3 is 49.7 Å². The summed E-state index contributed by atoms with van der Waals surface area (Å²) >= 11 is 18.5. The third-order valence-electron chi connectivity index (χ3n) is 1.38. The molecule has 17 heavy (non-hydrogen) atoms. The summed E-state index contributed by atoms with van der Waals surface area (Å²) in [6, 6.07) is 3.55. The van der Waals surface area contributed by atoms with Gasteiger partial charge in [0.15, 0.2) is 0 Å². The molecule has 0 unspecified atom stereocenters. The van der Waals surface area contributed by atoms with Crippen LogP contribution in [0.4, 0.5) is 0 Å². The molecule has 0 aliphatic carbocycles. The summed E-state index contributed by atoms with van der Waals surface area (Å²) in [5, 5.41) is 7.57. The molecule has 0 saturated carbocycles. The van der Waals surface area contributed by atoms with Gasteiger partial charge in [0, 0.05) is 24.8 Å². The maximum Gasteiger partial charge on any atom is 2.00 e. The van der Waals surface area contributed by atoms with E-state index in [1.807, 2.05) is 0 Å². The van der Waals surface area contributed by atoms with E-state index in [0.29, 0.717) is 8.64 Å². The van der Waals surface area contributed by atoms with Crippen molar-refractivity contribution < 1.29 is 19.5 Å². The molecular weight excluding hydrogens is 346 g/mol. The van der Waals surface area contributed by atoms with Crippen LogP contribution in [0.15, 0.2) is 36.9 Å². The number of thiocarbonyl (C=S) groups is 2. The second-order valence-corrected chi connectivity index (χ2v) is 4.50. The topological polar surface area (TPSA) is 35.6 Å². The first-order valence-electron chi connectivity index (χ1n) is 4.03. The first kappa shape index (κ1) is 16.7. The van der Waals surface area contributed by atoms with Crippen molar-refractivity contribution in [3.8, 4) is 0 Å². The van der Waals surface area contributed by atoms with Gasteiger partial charge >= 0.3 is 19.5 Å². The fourth-order valence-electron chi connectivity index (χ4n) is 0.754. The Bertz CT molecular complexity index is 410. The summed E-state index contributed by atoms with van der Waals surface area (Å²) in [6.07, 6.45) is 6.71. The number of hydrogen-bond donors (Lipinski definition) is 0. The third kappa shape index (κ3) is 6.23. The molecule has 84 valence electrons. The van der Waals surface area contributed by atoms with E-state index in [2.05, 4.69) is 59.9 Å². The fourth-order valence-corrected chi connectivity index (χ4v) is 1.19. The Hall–Kier alpha value is -0.337. The Labute approximate surface area is 133 Å². The molecule has 0 aliphatic rings. The van der Waals surface area contributed by atoms with E-state index in [9.17, 15) is 0 Å². The molecule has 4 nitrogen and oxygen atoms in total. The quantitative estimate of drug-likeness (QED) is 0.402. The van der Waals surface area contributed by atoms with Crippen molar-refractivity contribution in [2.24, 2.45) is 0 Å². The van der Waals surface area contributed by atoms with Crippen LogP contribution in [0, 0.1) is 0 Å². The Balaban J connectivity index is 0.000000284. The van der Waals surface area contributed by atoms with Gasteiger partial charge in [-0.05, 0) is 20.8 Å². The third-order valence-corrected chi connectivity index (χ3v) is 2.13. The molecule has 0 fully saturated rings. The second kappa shape index (κ2) is 8.71. The molecule has 0 aliphatic heterocycles. The molecule has 2 aromatic heterocycles. The monoisotopic (exact) mass is 350 g/mol. The zero-order valence-corrected chi connectivity index (χ0v) is 14.8. The van der Waals surface area contributed by atoms with Gasteiger partial charge in [0.1, 0.15) is 0 Å². The van der Waals surface area contributed by atoms with Crippen LogP contribution in [-0.2, 0) is 44.7 Å². The van der Waals surface area contributed by atoms with Crippen LogP contribution in [0.3, 0.4) is 0 Å². The Morgan fingerprint density at radius 2 is 1.24 bits per heavy atom. The molecule has 2 rings (SSSR count). The molecule has 0 radical (unpaired) electrons. The Morgan fingerprint density at radius 3 is 1.35 bits per heavy atom. The molecule has 2 aromatic rings. The minimum absolute atomic E-state index is 0. The van der Waals surface area contributed by atoms with Crippen molar-refractivity contribution in [3.05, 3.63) is 36.9 Å². The van der Waals surface area contributed by atoms with Crippen LogP contribution >= 0.6 is 24.4 Å². The van der Waals surface area contributed by atoms with E-state index < -0.39 is 0 Å². The van der Waals surface area contributed by atoms with E-state index >= 15 is 0 Å². The fraction of sp³-hybridized carbons (Fsp3) is 0. The predicted molar refractivity (Wildman–Crippen MR) is 75.2 cm³/mol. The summed E-state index contributed by atoms with van der Waals surface area (Å²) in [6.45, 7) is 0. The summed E-state index contributed by atoms with van der Waals surface area (Å²) in [4.78, 5) is 0. The van der Waals surface area contributed by atoms with Gasteiger partial charge in [-0.25, -0.2) is 0 Å². The minimum Gasteiger partial charge on any atom is -0.409 e. The number of aromatic nitrogens is 4. The zero-order chi connectivity index (χ0) is 12.0. The molecule has 0 aromatic carbocycles. The number of hydrogen-bond acceptors (Lipinski definition) is 6. The van der Waals surface area contributed by atoms with Gasteiger partial charge in [-0.15, -0.1) is 0 Å². The van der Waals surface area contributed by atoms with E-state index in [4.69, 9.17) is 0 Å². The molecule has 0 atom stereocenters. The molecule has 0 spiro atoms. The summed E-state index contributed by atoms with van der Waals surface area (Å²) < 4.78 is 3.64. The average molecular weight is 352 g/mol. The molecule has 0 N–H and O–H groups in total. The standard InChI is InChI=1S/2C4H4N2S2.Zn/c2*7-4(8)6-3-1-2-5-6;/h2*1-3H,(H,7,8);/q;;+2/p-2. The van der Waals surface area contributed by atoms with Crippen molar-refractivity contribution in [2.75, 3.05) is 0 Å².